The molecule has 0 amide bonds. The Morgan fingerprint density at radius 1 is 1.14 bits per heavy atom. The number of hydrogen-bond acceptors (Lipinski definition) is 5. The highest BCUT2D eigenvalue weighted by atomic mass is 16.5. The summed E-state index contributed by atoms with van der Waals surface area (Å²) in [6, 6.07) is 11.5. The maximum absolute atomic E-state index is 11.8. The number of hydrogen-bond donors (Lipinski definition) is 0. The van der Waals surface area contributed by atoms with Crippen molar-refractivity contribution < 1.29 is 18.8 Å². The van der Waals surface area contributed by atoms with Gasteiger partial charge >= 0.3 is 5.97 Å². The fourth-order valence-corrected chi connectivity index (χ4v) is 2.54. The fourth-order valence-electron chi connectivity index (χ4n) is 2.54. The van der Waals surface area contributed by atoms with Crippen molar-refractivity contribution in [2.24, 2.45) is 0 Å². The molecule has 5 nitrogen and oxygen atoms in total. The molecule has 0 atom stereocenters. The first kappa shape index (κ1) is 14.1. The van der Waals surface area contributed by atoms with E-state index in [1.807, 2.05) is 43.3 Å². The van der Waals surface area contributed by atoms with Gasteiger partial charge < -0.3 is 14.0 Å². The topological polar surface area (TPSA) is 61.6 Å². The zero-order valence-electron chi connectivity index (χ0n) is 12.5. The number of benzene rings is 1. The van der Waals surface area contributed by atoms with E-state index in [-0.39, 0.29) is 5.69 Å². The quantitative estimate of drug-likeness (QED) is 0.692. The summed E-state index contributed by atoms with van der Waals surface area (Å²) in [6.07, 6.45) is 0. The summed E-state index contributed by atoms with van der Waals surface area (Å²) in [4.78, 5) is 11.8. The van der Waals surface area contributed by atoms with E-state index in [0.717, 1.165) is 22.4 Å². The molecule has 1 aromatic carbocycles. The zero-order chi connectivity index (χ0) is 15.7. The van der Waals surface area contributed by atoms with Crippen LogP contribution in [0, 0.1) is 6.92 Å². The number of esters is 1. The number of ether oxygens (including phenoxy) is 2. The van der Waals surface area contributed by atoms with Gasteiger partial charge in [0.25, 0.3) is 0 Å². The van der Waals surface area contributed by atoms with Gasteiger partial charge in [0.15, 0.2) is 5.69 Å². The van der Waals surface area contributed by atoms with Gasteiger partial charge in [0.05, 0.1) is 14.2 Å². The van der Waals surface area contributed by atoms with Crippen LogP contribution in [0.25, 0.3) is 22.3 Å². The summed E-state index contributed by atoms with van der Waals surface area (Å²) in [6.45, 7) is 1.82. The lowest BCUT2D eigenvalue weighted by molar-refractivity contribution is 0.0585. The molecule has 0 N–H and O–H groups in total. The molecule has 1 heterocycles. The van der Waals surface area contributed by atoms with E-state index < -0.39 is 5.97 Å². The molecule has 5 heteroatoms. The van der Waals surface area contributed by atoms with Crippen molar-refractivity contribution in [2.75, 3.05) is 14.2 Å². The predicted octanol–water partition coefficient (Wildman–Crippen LogP) is 3.55. The highest BCUT2D eigenvalue weighted by molar-refractivity contribution is 6.00. The zero-order valence-corrected chi connectivity index (χ0v) is 12.5. The molecule has 0 saturated carbocycles. The molecule has 0 aromatic heterocycles. The van der Waals surface area contributed by atoms with Crippen LogP contribution in [-0.2, 0) is 4.74 Å². The van der Waals surface area contributed by atoms with Crippen LogP contribution in [0.2, 0.25) is 0 Å². The number of fused-ring (bicyclic) bond motifs is 1. The molecule has 2 aliphatic rings. The summed E-state index contributed by atoms with van der Waals surface area (Å²) in [5, 5.41) is 3.84. The predicted molar refractivity (Wildman–Crippen MR) is 81.2 cm³/mol. The minimum Gasteiger partial charge on any atom is -0.497 e. The van der Waals surface area contributed by atoms with Crippen LogP contribution in [0.4, 0.5) is 0 Å². The van der Waals surface area contributed by atoms with Crippen molar-refractivity contribution in [1.82, 2.24) is 5.16 Å². The third kappa shape index (κ3) is 2.20. The highest BCUT2D eigenvalue weighted by Crippen LogP contribution is 2.40. The Morgan fingerprint density at radius 3 is 2.64 bits per heavy atom. The lowest BCUT2D eigenvalue weighted by Gasteiger charge is -2.10. The fraction of sp³-hybridized carbons (Fsp3) is 0.176. The maximum atomic E-state index is 11.8. The van der Waals surface area contributed by atoms with E-state index in [4.69, 9.17) is 14.0 Å². The lowest BCUT2D eigenvalue weighted by Crippen LogP contribution is -2.07. The van der Waals surface area contributed by atoms with Gasteiger partial charge in [-0.2, -0.15) is 0 Å². The molecule has 1 aliphatic heterocycles. The van der Waals surface area contributed by atoms with Gasteiger partial charge in [-0.05, 0) is 30.2 Å². The van der Waals surface area contributed by atoms with Gasteiger partial charge in [0.1, 0.15) is 11.5 Å². The molecule has 0 bridgehead atoms. The number of nitrogens with zero attached hydrogens (tertiary/aromatic N) is 1. The van der Waals surface area contributed by atoms with Crippen LogP contribution in [-0.4, -0.2) is 25.3 Å². The largest absolute Gasteiger partial charge is 0.497 e. The van der Waals surface area contributed by atoms with Crippen LogP contribution in [0.1, 0.15) is 16.2 Å². The molecule has 0 radical (unpaired) electrons. The molecule has 1 aliphatic carbocycles. The molecule has 1 aromatic rings. The smallest absolute Gasteiger partial charge is 0.360 e. The minimum absolute atomic E-state index is 0.178. The summed E-state index contributed by atoms with van der Waals surface area (Å²) in [5.74, 6) is 0.894. The Balaban J connectivity index is 2.18. The molecule has 0 saturated heterocycles. The molecule has 112 valence electrons. The van der Waals surface area contributed by atoms with Crippen LogP contribution in [0.15, 0.2) is 40.9 Å². The Hall–Kier alpha value is -2.82. The van der Waals surface area contributed by atoms with Crippen molar-refractivity contribution in [2.45, 2.75) is 6.92 Å². The monoisotopic (exact) mass is 297 g/mol. The normalized spacial score (nSPS) is 10.7. The van der Waals surface area contributed by atoms with E-state index in [2.05, 4.69) is 5.16 Å². The van der Waals surface area contributed by atoms with Gasteiger partial charge in [-0.15, -0.1) is 0 Å². The molecular weight excluding hydrogens is 282 g/mol. The van der Waals surface area contributed by atoms with Crippen molar-refractivity contribution in [3.63, 3.8) is 0 Å². The number of rotatable bonds is 3. The Bertz CT molecular complexity index is 806. The molecular formula is C17H15NO4. The Labute approximate surface area is 127 Å². The van der Waals surface area contributed by atoms with Crippen LogP contribution in [0.5, 0.6) is 5.75 Å². The summed E-state index contributed by atoms with van der Waals surface area (Å²) < 4.78 is 15.3. The second-order valence-corrected chi connectivity index (χ2v) is 4.85. The van der Waals surface area contributed by atoms with E-state index >= 15 is 0 Å². The summed E-state index contributed by atoms with van der Waals surface area (Å²) in [5.41, 5.74) is 3.69. The van der Waals surface area contributed by atoms with Gasteiger partial charge in [-0.1, -0.05) is 29.4 Å². The number of aryl methyl sites for hydroxylation is 1. The number of carbonyl (C=O) groups is 1. The molecule has 22 heavy (non-hydrogen) atoms. The summed E-state index contributed by atoms with van der Waals surface area (Å²) >= 11 is 0. The SMILES string of the molecule is COC(=O)c1noc(C)c2c(-c3cccc(OC)c3)ccc1-2. The molecule has 0 unspecified atom stereocenters. The first-order chi connectivity index (χ1) is 10.7. The first-order valence-corrected chi connectivity index (χ1v) is 6.77. The second-order valence-electron chi connectivity index (χ2n) is 4.85. The molecule has 3 rings (SSSR count). The maximum Gasteiger partial charge on any atom is 0.360 e. The summed E-state index contributed by atoms with van der Waals surface area (Å²) in [7, 11) is 2.95. The number of aromatic nitrogens is 1. The van der Waals surface area contributed by atoms with Crippen molar-refractivity contribution in [1.29, 1.82) is 0 Å². The third-order valence-electron chi connectivity index (χ3n) is 3.60. The van der Waals surface area contributed by atoms with E-state index in [1.165, 1.54) is 7.11 Å². The van der Waals surface area contributed by atoms with Gasteiger partial charge in [-0.3, -0.25) is 0 Å². The number of carbonyl (C=O) groups excluding carboxylic acids is 1. The first-order valence-electron chi connectivity index (χ1n) is 6.77. The third-order valence-corrected chi connectivity index (χ3v) is 3.60. The average molecular weight is 297 g/mol. The van der Waals surface area contributed by atoms with Crippen LogP contribution in [0.3, 0.4) is 0 Å². The average Bonchev–Trinajstić information content (AvgIpc) is 3.00. The standard InChI is InChI=1S/C17H15NO4/c1-10-15-13(11-5-4-6-12(9-11)20-2)7-8-14(15)16(18-22-10)17(19)21-3/h4-9H,1-3H3. The van der Waals surface area contributed by atoms with E-state index in [9.17, 15) is 4.79 Å². The minimum atomic E-state index is -0.517. The Kier molecular flexibility index (Phi) is 3.55. The van der Waals surface area contributed by atoms with Crippen molar-refractivity contribution in [3.8, 4) is 28.0 Å². The van der Waals surface area contributed by atoms with Crippen LogP contribution < -0.4 is 4.74 Å². The highest BCUT2D eigenvalue weighted by Gasteiger charge is 2.24. The molecule has 0 fully saturated rings. The van der Waals surface area contributed by atoms with E-state index in [1.54, 1.807) is 7.11 Å². The van der Waals surface area contributed by atoms with Gasteiger partial charge in [0, 0.05) is 11.1 Å². The van der Waals surface area contributed by atoms with E-state index in [0.29, 0.717) is 11.3 Å². The Morgan fingerprint density at radius 2 is 1.91 bits per heavy atom. The lowest BCUT2D eigenvalue weighted by atomic mass is 9.99. The van der Waals surface area contributed by atoms with Crippen LogP contribution >= 0.6 is 0 Å². The van der Waals surface area contributed by atoms with Gasteiger partial charge in [0.2, 0.25) is 0 Å². The van der Waals surface area contributed by atoms with Crippen molar-refractivity contribution >= 4 is 5.97 Å². The van der Waals surface area contributed by atoms with Crippen molar-refractivity contribution in [3.05, 3.63) is 47.9 Å². The molecule has 0 spiro atoms. The number of methoxy groups -OCH3 is 2. The second kappa shape index (κ2) is 5.52. The van der Waals surface area contributed by atoms with Gasteiger partial charge in [-0.25, -0.2) is 4.79 Å².